The Kier molecular flexibility index (Phi) is 12.0. The predicted octanol–water partition coefficient (Wildman–Crippen LogP) is -2.80. The van der Waals surface area contributed by atoms with Crippen LogP contribution in [0.5, 0.6) is 0 Å². The van der Waals surface area contributed by atoms with Crippen LogP contribution in [0, 0.1) is 0 Å². The van der Waals surface area contributed by atoms with Gasteiger partial charge in [0.2, 0.25) is 23.6 Å². The van der Waals surface area contributed by atoms with E-state index in [2.05, 4.69) is 41.2 Å². The second kappa shape index (κ2) is 13.9. The average molecular weight is 508 g/mol. The minimum atomic E-state index is -1.46. The summed E-state index contributed by atoms with van der Waals surface area (Å²) in [4.78, 5) is 72.9. The highest BCUT2D eigenvalue weighted by Crippen LogP contribution is 2.19. The summed E-state index contributed by atoms with van der Waals surface area (Å²) in [5, 5.41) is 25.0. The molecule has 13 nitrogen and oxygen atoms in total. The molecule has 7 N–H and O–H groups in total. The maximum atomic E-state index is 12.8. The molecule has 0 spiro atoms. The maximum absolute atomic E-state index is 12.8. The van der Waals surface area contributed by atoms with Gasteiger partial charge in [0, 0.05) is 24.5 Å². The number of thiol groups is 2. The van der Waals surface area contributed by atoms with Gasteiger partial charge in [-0.25, -0.2) is 4.79 Å². The first-order chi connectivity index (χ1) is 15.5. The number of carboxylic acid groups (broad SMARTS) is 2. The Bertz CT molecular complexity index is 768. The summed E-state index contributed by atoms with van der Waals surface area (Å²) in [6.07, 6.45) is 0.0242. The first-order valence-electron chi connectivity index (χ1n) is 10.1. The monoisotopic (exact) mass is 507 g/mol. The number of nitrogens with zero attached hydrogens (tertiary/aromatic N) is 1. The van der Waals surface area contributed by atoms with E-state index in [1.807, 2.05) is 0 Å². The third-order valence-corrected chi connectivity index (χ3v) is 5.65. The topological polar surface area (TPSA) is 208 Å². The van der Waals surface area contributed by atoms with Crippen molar-refractivity contribution in [1.29, 1.82) is 0 Å². The number of likely N-dealkylation sites (tertiary alicyclic amines) is 1. The van der Waals surface area contributed by atoms with E-state index in [0.29, 0.717) is 12.8 Å². The van der Waals surface area contributed by atoms with Gasteiger partial charge in [-0.05, 0) is 19.3 Å². The Hall–Kier alpha value is -2.52. The van der Waals surface area contributed by atoms with Crippen LogP contribution in [0.1, 0.15) is 25.7 Å². The SMILES string of the molecule is NCC(=O)N[C@@H](CS)C(=O)N1CCC[C@H]1C(=O)N[C@@H](CS)C(=O)N[C@@H](CCC(=O)O)C(=O)O. The highest BCUT2D eigenvalue weighted by molar-refractivity contribution is 7.80. The summed E-state index contributed by atoms with van der Waals surface area (Å²) in [7, 11) is 0. The van der Waals surface area contributed by atoms with Crippen molar-refractivity contribution in [3.05, 3.63) is 0 Å². The van der Waals surface area contributed by atoms with Crippen LogP contribution in [-0.4, -0.2) is 99.4 Å². The van der Waals surface area contributed by atoms with Crippen molar-refractivity contribution in [2.45, 2.75) is 49.9 Å². The molecule has 0 aromatic rings. The first-order valence-corrected chi connectivity index (χ1v) is 11.4. The number of nitrogens with one attached hydrogen (secondary N) is 3. The van der Waals surface area contributed by atoms with Gasteiger partial charge in [-0.15, -0.1) is 0 Å². The molecule has 1 aliphatic heterocycles. The zero-order chi connectivity index (χ0) is 25.1. The van der Waals surface area contributed by atoms with Crippen LogP contribution < -0.4 is 21.7 Å². The van der Waals surface area contributed by atoms with E-state index < -0.39 is 66.2 Å². The minimum Gasteiger partial charge on any atom is -0.481 e. The lowest BCUT2D eigenvalue weighted by Gasteiger charge is -2.29. The summed E-state index contributed by atoms with van der Waals surface area (Å²) in [5.74, 6) is -5.38. The lowest BCUT2D eigenvalue weighted by atomic mass is 10.1. The molecular formula is C18H29N5O8S2. The van der Waals surface area contributed by atoms with Gasteiger partial charge < -0.3 is 36.8 Å². The Morgan fingerprint density at radius 3 is 2.12 bits per heavy atom. The van der Waals surface area contributed by atoms with Crippen LogP contribution in [0.25, 0.3) is 0 Å². The summed E-state index contributed by atoms with van der Waals surface area (Å²) in [5.41, 5.74) is 5.25. The number of carbonyl (C=O) groups is 6. The Balaban J connectivity index is 2.83. The molecule has 0 unspecified atom stereocenters. The number of carboxylic acids is 2. The summed E-state index contributed by atoms with van der Waals surface area (Å²) >= 11 is 8.09. The Labute approximate surface area is 201 Å². The molecule has 186 valence electrons. The van der Waals surface area contributed by atoms with Gasteiger partial charge in [0.05, 0.1) is 6.54 Å². The smallest absolute Gasteiger partial charge is 0.326 e. The molecule has 4 atom stereocenters. The predicted molar refractivity (Wildman–Crippen MR) is 122 cm³/mol. The fourth-order valence-electron chi connectivity index (χ4n) is 3.20. The molecule has 33 heavy (non-hydrogen) atoms. The molecule has 1 rings (SSSR count). The largest absolute Gasteiger partial charge is 0.481 e. The maximum Gasteiger partial charge on any atom is 0.326 e. The van der Waals surface area contributed by atoms with Gasteiger partial charge in [0.25, 0.3) is 0 Å². The highest BCUT2D eigenvalue weighted by atomic mass is 32.1. The number of hydrogen-bond acceptors (Lipinski definition) is 9. The number of aliphatic carboxylic acids is 2. The quantitative estimate of drug-likeness (QED) is 0.121. The lowest BCUT2D eigenvalue weighted by molar-refractivity contribution is -0.144. The van der Waals surface area contributed by atoms with Crippen molar-refractivity contribution in [3.8, 4) is 0 Å². The molecule has 1 aliphatic rings. The summed E-state index contributed by atoms with van der Waals surface area (Å²) in [6.45, 7) is -0.0578. The van der Waals surface area contributed by atoms with E-state index in [1.54, 1.807) is 0 Å². The van der Waals surface area contributed by atoms with E-state index in [0.717, 1.165) is 0 Å². The second-order valence-electron chi connectivity index (χ2n) is 7.27. The van der Waals surface area contributed by atoms with Crippen LogP contribution in [0.3, 0.4) is 0 Å². The van der Waals surface area contributed by atoms with E-state index in [9.17, 15) is 33.9 Å². The molecule has 0 radical (unpaired) electrons. The molecule has 15 heteroatoms. The summed E-state index contributed by atoms with van der Waals surface area (Å²) < 4.78 is 0. The normalized spacial score (nSPS) is 18.0. The number of carbonyl (C=O) groups excluding carboxylic acids is 4. The van der Waals surface area contributed by atoms with Gasteiger partial charge >= 0.3 is 11.9 Å². The van der Waals surface area contributed by atoms with Crippen molar-refractivity contribution in [1.82, 2.24) is 20.9 Å². The molecule has 1 heterocycles. The Morgan fingerprint density at radius 1 is 0.970 bits per heavy atom. The van der Waals surface area contributed by atoms with Gasteiger partial charge in [-0.1, -0.05) is 0 Å². The van der Waals surface area contributed by atoms with E-state index in [4.69, 9.17) is 10.8 Å². The van der Waals surface area contributed by atoms with E-state index in [-0.39, 0.29) is 31.0 Å². The number of hydrogen-bond donors (Lipinski definition) is 8. The highest BCUT2D eigenvalue weighted by Gasteiger charge is 2.38. The van der Waals surface area contributed by atoms with Crippen LogP contribution in [0.2, 0.25) is 0 Å². The van der Waals surface area contributed by atoms with Crippen LogP contribution in [-0.2, 0) is 28.8 Å². The molecule has 0 saturated carbocycles. The molecule has 4 amide bonds. The Morgan fingerprint density at radius 2 is 1.61 bits per heavy atom. The third-order valence-electron chi connectivity index (χ3n) is 4.92. The minimum absolute atomic E-state index is 0.00992. The zero-order valence-corrected chi connectivity index (χ0v) is 19.5. The number of nitrogens with two attached hydrogens (primary N) is 1. The average Bonchev–Trinajstić information content (AvgIpc) is 3.27. The van der Waals surface area contributed by atoms with Crippen LogP contribution >= 0.6 is 25.3 Å². The number of amides is 4. The summed E-state index contributed by atoms with van der Waals surface area (Å²) in [6, 6.07) is -4.57. The molecule has 1 saturated heterocycles. The molecule has 0 aromatic heterocycles. The fraction of sp³-hybridized carbons (Fsp3) is 0.667. The van der Waals surface area contributed by atoms with Crippen molar-refractivity contribution in [3.63, 3.8) is 0 Å². The van der Waals surface area contributed by atoms with Crippen molar-refractivity contribution >= 4 is 60.8 Å². The van der Waals surface area contributed by atoms with Gasteiger partial charge in [-0.2, -0.15) is 25.3 Å². The zero-order valence-electron chi connectivity index (χ0n) is 17.7. The molecule has 0 aliphatic carbocycles. The van der Waals surface area contributed by atoms with Crippen molar-refractivity contribution in [2.75, 3.05) is 24.6 Å². The van der Waals surface area contributed by atoms with E-state index in [1.165, 1.54) is 4.90 Å². The standard InChI is InChI=1S/C18H29N5O8S2/c19-6-13(24)20-11(8-33)17(29)23-5-1-2-12(23)16(28)22-10(7-32)15(27)21-9(18(30)31)3-4-14(25)26/h9-12,32-33H,1-8,19H2,(H,20,24)(H,21,27)(H,22,28)(H,25,26)(H,30,31)/t9-,10-,11-,12-/m0/s1. The molecule has 0 bridgehead atoms. The first kappa shape index (κ1) is 28.5. The lowest BCUT2D eigenvalue weighted by Crippen LogP contribution is -2.58. The number of rotatable bonds is 13. The van der Waals surface area contributed by atoms with Crippen LogP contribution in [0.15, 0.2) is 0 Å². The van der Waals surface area contributed by atoms with Crippen molar-refractivity contribution in [2.24, 2.45) is 5.73 Å². The second-order valence-corrected chi connectivity index (χ2v) is 8.00. The van der Waals surface area contributed by atoms with Gasteiger partial charge in [-0.3, -0.25) is 24.0 Å². The molecule has 1 fully saturated rings. The van der Waals surface area contributed by atoms with Crippen LogP contribution in [0.4, 0.5) is 0 Å². The fourth-order valence-corrected chi connectivity index (χ4v) is 3.71. The molecular weight excluding hydrogens is 478 g/mol. The third kappa shape index (κ3) is 8.74. The van der Waals surface area contributed by atoms with Gasteiger partial charge in [0.1, 0.15) is 24.2 Å². The van der Waals surface area contributed by atoms with Crippen molar-refractivity contribution < 1.29 is 39.0 Å². The van der Waals surface area contributed by atoms with Gasteiger partial charge in [0.15, 0.2) is 0 Å². The van der Waals surface area contributed by atoms with E-state index >= 15 is 0 Å². The molecule has 0 aromatic carbocycles.